The Balaban J connectivity index is 4.45. The van der Waals surface area contributed by atoms with E-state index in [1.807, 2.05) is 0 Å². The molecule has 0 radical (unpaired) electrons. The normalized spacial score (nSPS) is 14.4. The number of allylic oxidation sites excluding steroid dienone is 1. The summed E-state index contributed by atoms with van der Waals surface area (Å²) in [5.41, 5.74) is -0.00263. The van der Waals surface area contributed by atoms with Gasteiger partial charge in [0.25, 0.3) is 0 Å². The highest BCUT2D eigenvalue weighted by molar-refractivity contribution is 7.89. The first kappa shape index (κ1) is 17.9. The first-order chi connectivity index (χ1) is 8.56. The van der Waals surface area contributed by atoms with E-state index < -0.39 is 28.5 Å². The van der Waals surface area contributed by atoms with Crippen molar-refractivity contribution < 1.29 is 18.8 Å². The molecule has 0 unspecified atom stereocenters. The van der Waals surface area contributed by atoms with Crippen molar-refractivity contribution in [2.24, 2.45) is 0 Å². The van der Waals surface area contributed by atoms with Crippen molar-refractivity contribution in [3.63, 3.8) is 0 Å². The van der Waals surface area contributed by atoms with Crippen LogP contribution in [0.5, 0.6) is 0 Å². The third-order valence-electron chi connectivity index (χ3n) is 2.04. The lowest BCUT2D eigenvalue weighted by Crippen LogP contribution is -2.43. The van der Waals surface area contributed by atoms with Gasteiger partial charge in [-0.25, -0.2) is 4.79 Å². The number of rotatable bonds is 6. The fraction of sp³-hybridized carbons (Fsp3) is 0.615. The number of aliphatic hydroxyl groups excluding tert-OH is 1. The Hall–Kier alpha value is -1.14. The maximum Gasteiger partial charge on any atom is 0.407 e. The molecule has 0 aromatic rings. The lowest BCUT2D eigenvalue weighted by atomic mass is 10.2. The highest BCUT2D eigenvalue weighted by atomic mass is 32.2. The van der Waals surface area contributed by atoms with E-state index in [-0.39, 0.29) is 12.4 Å². The molecule has 2 N–H and O–H groups in total. The summed E-state index contributed by atoms with van der Waals surface area (Å²) >= 11 is 0. The Kier molecular flexibility index (Phi) is 7.00. The lowest BCUT2D eigenvalue weighted by Gasteiger charge is -2.22. The molecule has 2 atom stereocenters. The zero-order chi connectivity index (χ0) is 15.2. The van der Waals surface area contributed by atoms with Gasteiger partial charge in [0.2, 0.25) is 0 Å². The summed E-state index contributed by atoms with van der Waals surface area (Å²) in [4.78, 5) is 11.9. The average molecular weight is 289 g/mol. The highest BCUT2D eigenvalue weighted by Crippen LogP contribution is 2.11. The Labute approximate surface area is 117 Å². The number of carbonyl (C=O) groups is 1. The highest BCUT2D eigenvalue weighted by Gasteiger charge is 2.21. The summed E-state index contributed by atoms with van der Waals surface area (Å²) in [6.07, 6.45) is -0.649. The first-order valence-corrected chi connectivity index (χ1v) is 7.22. The van der Waals surface area contributed by atoms with Gasteiger partial charge in [0, 0.05) is 4.91 Å². The van der Waals surface area contributed by atoms with Crippen LogP contribution < -0.4 is 5.32 Å². The predicted octanol–water partition coefficient (Wildman–Crippen LogP) is 1.71. The lowest BCUT2D eigenvalue weighted by molar-refractivity contribution is 0.0491. The monoisotopic (exact) mass is 289 g/mol. The Morgan fingerprint density at radius 3 is 2.32 bits per heavy atom. The second-order valence-corrected chi connectivity index (χ2v) is 6.76. The molecule has 0 spiro atoms. The Morgan fingerprint density at radius 2 is 1.95 bits per heavy atom. The van der Waals surface area contributed by atoms with Crippen molar-refractivity contribution in [1.29, 1.82) is 0 Å². The number of amides is 1. The summed E-state index contributed by atoms with van der Waals surface area (Å²) in [6, 6.07) is -0.646. The molecule has 0 fully saturated rings. The largest absolute Gasteiger partial charge is 0.444 e. The van der Waals surface area contributed by atoms with E-state index in [0.29, 0.717) is 10.5 Å². The molecule has 0 heterocycles. The summed E-state index contributed by atoms with van der Waals surface area (Å²) in [5.74, 6) is 0.0709. The van der Waals surface area contributed by atoms with Crippen LogP contribution in [0.3, 0.4) is 0 Å². The topological polar surface area (TPSA) is 75.6 Å². The minimum absolute atomic E-state index is 0.0709. The minimum Gasteiger partial charge on any atom is -0.444 e. The maximum atomic E-state index is 11.9. The molecular formula is C13H23NO4S. The van der Waals surface area contributed by atoms with Gasteiger partial charge in [-0.15, -0.1) is 0 Å². The van der Waals surface area contributed by atoms with Crippen LogP contribution >= 0.6 is 0 Å². The predicted molar refractivity (Wildman–Crippen MR) is 77.2 cm³/mol. The molecule has 1 amide bonds. The second kappa shape index (κ2) is 7.45. The van der Waals surface area contributed by atoms with Gasteiger partial charge in [0.15, 0.2) is 0 Å². The van der Waals surface area contributed by atoms with Crippen LogP contribution in [0.15, 0.2) is 23.6 Å². The third kappa shape index (κ3) is 7.79. The van der Waals surface area contributed by atoms with Crippen LogP contribution in [0.4, 0.5) is 4.79 Å². The van der Waals surface area contributed by atoms with E-state index in [2.05, 4.69) is 18.5 Å². The second-order valence-electron chi connectivity index (χ2n) is 5.24. The fourth-order valence-corrected chi connectivity index (χ4v) is 2.24. The van der Waals surface area contributed by atoms with E-state index in [1.165, 1.54) is 0 Å². The van der Waals surface area contributed by atoms with Crippen molar-refractivity contribution >= 4 is 16.9 Å². The van der Waals surface area contributed by atoms with Crippen LogP contribution in [0, 0.1) is 0 Å². The van der Waals surface area contributed by atoms with Crippen LogP contribution in [-0.2, 0) is 15.5 Å². The van der Waals surface area contributed by atoms with Crippen molar-refractivity contribution in [3.05, 3.63) is 23.6 Å². The van der Waals surface area contributed by atoms with E-state index in [9.17, 15) is 14.1 Å². The molecule has 0 rings (SSSR count). The van der Waals surface area contributed by atoms with Gasteiger partial charge in [-0.3, -0.25) is 4.21 Å². The average Bonchev–Trinajstić information content (AvgIpc) is 2.23. The van der Waals surface area contributed by atoms with Gasteiger partial charge in [-0.2, -0.15) is 0 Å². The van der Waals surface area contributed by atoms with Gasteiger partial charge in [0.05, 0.1) is 29.2 Å². The van der Waals surface area contributed by atoms with Crippen molar-refractivity contribution in [2.45, 2.75) is 39.3 Å². The SMILES string of the molecule is C=C(C)C(=C)[S@@](=O)C[C@@H](CO)NC(=O)OC(C)(C)C. The van der Waals surface area contributed by atoms with Gasteiger partial charge in [-0.05, 0) is 33.3 Å². The fourth-order valence-electron chi connectivity index (χ4n) is 1.09. The van der Waals surface area contributed by atoms with Crippen LogP contribution in [0.2, 0.25) is 0 Å². The summed E-state index contributed by atoms with van der Waals surface area (Å²) in [6.45, 7) is 13.9. The Morgan fingerprint density at radius 1 is 1.42 bits per heavy atom. The molecule has 0 aliphatic heterocycles. The molecular weight excluding hydrogens is 266 g/mol. The molecule has 0 bridgehead atoms. The zero-order valence-electron chi connectivity index (χ0n) is 12.0. The van der Waals surface area contributed by atoms with E-state index >= 15 is 0 Å². The van der Waals surface area contributed by atoms with Gasteiger partial charge in [-0.1, -0.05) is 13.2 Å². The minimum atomic E-state index is -1.39. The molecule has 0 saturated carbocycles. The number of carbonyl (C=O) groups excluding carboxylic acids is 1. The van der Waals surface area contributed by atoms with E-state index in [0.717, 1.165) is 0 Å². The first-order valence-electron chi connectivity index (χ1n) is 5.90. The number of ether oxygens (including phenoxy) is 1. The van der Waals surface area contributed by atoms with Gasteiger partial charge >= 0.3 is 6.09 Å². The quantitative estimate of drug-likeness (QED) is 0.730. The molecule has 0 aliphatic carbocycles. The van der Waals surface area contributed by atoms with Crippen LogP contribution in [0.1, 0.15) is 27.7 Å². The summed E-state index contributed by atoms with van der Waals surface area (Å²) < 4.78 is 16.9. The third-order valence-corrected chi connectivity index (χ3v) is 3.65. The number of aliphatic hydroxyl groups is 1. The van der Waals surface area contributed by atoms with E-state index in [1.54, 1.807) is 27.7 Å². The number of hydrogen-bond donors (Lipinski definition) is 2. The Bertz CT molecular complexity index is 385. The zero-order valence-corrected chi connectivity index (χ0v) is 12.8. The molecule has 0 aliphatic rings. The smallest absolute Gasteiger partial charge is 0.407 e. The molecule has 5 nitrogen and oxygen atoms in total. The van der Waals surface area contributed by atoms with Crippen LogP contribution in [0.25, 0.3) is 0 Å². The number of hydrogen-bond acceptors (Lipinski definition) is 4. The summed E-state index contributed by atoms with van der Waals surface area (Å²) in [7, 11) is -1.39. The maximum absolute atomic E-state index is 11.9. The molecule has 0 saturated heterocycles. The number of alkyl carbamates (subject to hydrolysis) is 1. The number of nitrogens with one attached hydrogen (secondary N) is 1. The van der Waals surface area contributed by atoms with Crippen molar-refractivity contribution in [1.82, 2.24) is 5.32 Å². The van der Waals surface area contributed by atoms with Crippen LogP contribution in [-0.4, -0.2) is 39.4 Å². The van der Waals surface area contributed by atoms with Crippen molar-refractivity contribution in [3.8, 4) is 0 Å². The molecule has 6 heteroatoms. The van der Waals surface area contributed by atoms with Gasteiger partial charge < -0.3 is 15.2 Å². The standard InChI is InChI=1S/C13H23NO4S/c1-9(2)10(3)19(17)8-11(7-15)14-12(16)18-13(4,5)6/h11,15H,1,3,7-8H2,2,4-6H3,(H,14,16)/t11-,19+/m1/s1. The van der Waals surface area contributed by atoms with E-state index in [4.69, 9.17) is 4.74 Å². The van der Waals surface area contributed by atoms with Crippen molar-refractivity contribution in [2.75, 3.05) is 12.4 Å². The molecule has 19 heavy (non-hydrogen) atoms. The summed E-state index contributed by atoms with van der Waals surface area (Å²) in [5, 5.41) is 11.7. The molecule has 0 aromatic heterocycles. The molecule has 110 valence electrons. The van der Waals surface area contributed by atoms with Gasteiger partial charge in [0.1, 0.15) is 5.60 Å². The molecule has 0 aromatic carbocycles.